The van der Waals surface area contributed by atoms with Gasteiger partial charge in [0.1, 0.15) is 0 Å². The van der Waals surface area contributed by atoms with Crippen molar-refractivity contribution in [1.82, 2.24) is 0 Å². The molecule has 0 heterocycles. The third-order valence-electron chi connectivity index (χ3n) is 13.4. The Balaban J connectivity index is 0. The predicted octanol–water partition coefficient (Wildman–Crippen LogP) is 19.7. The second-order valence-electron chi connectivity index (χ2n) is 19.8. The van der Waals surface area contributed by atoms with Crippen LogP contribution in [0.2, 0.25) is 0 Å². The van der Waals surface area contributed by atoms with Gasteiger partial charge < -0.3 is 11.5 Å². The fourth-order valence-electron chi connectivity index (χ4n) is 9.03. The summed E-state index contributed by atoms with van der Waals surface area (Å²) in [4.78, 5) is 22.5. The van der Waals surface area contributed by atoms with Crippen molar-refractivity contribution >= 4 is 11.8 Å². The second kappa shape index (κ2) is 57.7. The van der Waals surface area contributed by atoms with Gasteiger partial charge in [-0.1, -0.05) is 303 Å². The Kier molecular flexibility index (Phi) is 58.4. The topological polar surface area (TPSA) is 86.2 Å². The normalized spacial score (nSPS) is 11.9. The van der Waals surface area contributed by atoms with E-state index in [0.29, 0.717) is 6.42 Å². The van der Waals surface area contributed by atoms with Gasteiger partial charge >= 0.3 is 0 Å². The first-order valence-corrected chi connectivity index (χ1v) is 28.7. The summed E-state index contributed by atoms with van der Waals surface area (Å²) in [5.41, 5.74) is 10.8. The van der Waals surface area contributed by atoms with Crippen molar-refractivity contribution in [3.63, 3.8) is 0 Å². The summed E-state index contributed by atoms with van der Waals surface area (Å²) in [5.74, 6) is -0.0922. The first-order chi connectivity index (χ1) is 30.5. The summed E-state index contributed by atoms with van der Waals surface area (Å²) in [6.45, 7) is 6.85. The van der Waals surface area contributed by atoms with E-state index in [-0.39, 0.29) is 17.7 Å². The predicted molar refractivity (Wildman–Crippen MR) is 279 cm³/mol. The fraction of sp³-hybridized carbons (Fsp3) is 0.931. The number of carbonyl (C=O) groups is 2. The van der Waals surface area contributed by atoms with Gasteiger partial charge in [-0.05, 0) is 44.9 Å². The Bertz CT molecular complexity index is 871. The molecule has 4 nitrogen and oxygen atoms in total. The minimum atomic E-state index is -0.153. The standard InChI is InChI=1S/C40H79NO.C18H37NO/c1-3-5-7-9-11-13-15-17-19-20-21-22-23-24-26-28-30-32-34-36-38-39(40(41)42)37-35-33-31-29-27-25-18-16-14-12-10-8-6-4-2;1-2-3-4-5-6-7-8-9-10-11-12-13-14-15-16-17-18(19)20/h17,19,39H,3-16,18,20-38H2,1-2H3,(H2,41,42);2-17H2,1H3,(H2,19,20). The van der Waals surface area contributed by atoms with Crippen LogP contribution in [0.3, 0.4) is 0 Å². The molecule has 0 bridgehead atoms. The van der Waals surface area contributed by atoms with Crippen molar-refractivity contribution in [3.05, 3.63) is 12.2 Å². The molecular weight excluding hydrogens is 757 g/mol. The van der Waals surface area contributed by atoms with Crippen molar-refractivity contribution in [1.29, 1.82) is 0 Å². The van der Waals surface area contributed by atoms with Gasteiger partial charge in [0.25, 0.3) is 0 Å². The Morgan fingerprint density at radius 3 is 0.742 bits per heavy atom. The van der Waals surface area contributed by atoms with Crippen molar-refractivity contribution in [2.24, 2.45) is 17.4 Å². The van der Waals surface area contributed by atoms with E-state index in [4.69, 9.17) is 11.5 Å². The van der Waals surface area contributed by atoms with Crippen LogP contribution in [0.4, 0.5) is 0 Å². The molecule has 4 heteroatoms. The van der Waals surface area contributed by atoms with E-state index >= 15 is 0 Å². The molecule has 0 saturated heterocycles. The smallest absolute Gasteiger partial charge is 0.220 e. The van der Waals surface area contributed by atoms with E-state index in [0.717, 1.165) is 19.3 Å². The van der Waals surface area contributed by atoms with Crippen molar-refractivity contribution < 1.29 is 9.59 Å². The summed E-state index contributed by atoms with van der Waals surface area (Å²) >= 11 is 0. The van der Waals surface area contributed by atoms with Gasteiger partial charge in [0.05, 0.1) is 0 Å². The molecule has 1 atom stereocenters. The first-order valence-electron chi connectivity index (χ1n) is 28.7. The lowest BCUT2D eigenvalue weighted by molar-refractivity contribution is -0.122. The molecule has 4 N–H and O–H groups in total. The van der Waals surface area contributed by atoms with E-state index in [1.165, 1.54) is 295 Å². The van der Waals surface area contributed by atoms with Crippen molar-refractivity contribution in [2.75, 3.05) is 0 Å². The quantitative estimate of drug-likeness (QED) is 0.0471. The van der Waals surface area contributed by atoms with Crippen LogP contribution in [0, 0.1) is 5.92 Å². The van der Waals surface area contributed by atoms with Crippen LogP contribution in [0.5, 0.6) is 0 Å². The molecule has 0 aromatic rings. The molecule has 0 rings (SSSR count). The lowest BCUT2D eigenvalue weighted by Crippen LogP contribution is -2.23. The fourth-order valence-corrected chi connectivity index (χ4v) is 9.03. The van der Waals surface area contributed by atoms with Gasteiger partial charge in [-0.3, -0.25) is 9.59 Å². The molecule has 0 aromatic carbocycles. The van der Waals surface area contributed by atoms with Crippen LogP contribution in [-0.2, 0) is 9.59 Å². The molecule has 0 aliphatic rings. The average Bonchev–Trinajstić information content (AvgIpc) is 3.26. The number of allylic oxidation sites excluding steroid dienone is 2. The molecule has 0 spiro atoms. The van der Waals surface area contributed by atoms with E-state index in [2.05, 4.69) is 32.9 Å². The number of unbranched alkanes of at least 4 members (excludes halogenated alkanes) is 43. The van der Waals surface area contributed by atoms with E-state index in [1.807, 2.05) is 0 Å². The third kappa shape index (κ3) is 58.7. The van der Waals surface area contributed by atoms with Gasteiger partial charge in [0.2, 0.25) is 11.8 Å². The Hall–Kier alpha value is -1.32. The van der Waals surface area contributed by atoms with E-state index in [9.17, 15) is 9.59 Å². The number of amides is 2. The zero-order valence-electron chi connectivity index (χ0n) is 43.1. The molecule has 0 radical (unpaired) electrons. The zero-order valence-corrected chi connectivity index (χ0v) is 43.1. The van der Waals surface area contributed by atoms with Gasteiger partial charge in [0.15, 0.2) is 0 Å². The van der Waals surface area contributed by atoms with Crippen LogP contribution in [0.15, 0.2) is 12.2 Å². The highest BCUT2D eigenvalue weighted by molar-refractivity contribution is 5.76. The van der Waals surface area contributed by atoms with Gasteiger partial charge in [-0.25, -0.2) is 0 Å². The maximum Gasteiger partial charge on any atom is 0.220 e. The zero-order chi connectivity index (χ0) is 45.5. The minimum Gasteiger partial charge on any atom is -0.370 e. The maximum absolute atomic E-state index is 11.9. The summed E-state index contributed by atoms with van der Waals surface area (Å²) in [6, 6.07) is 0. The number of hydrogen-bond acceptors (Lipinski definition) is 2. The van der Waals surface area contributed by atoms with Crippen molar-refractivity contribution in [3.8, 4) is 0 Å². The van der Waals surface area contributed by atoms with Crippen LogP contribution < -0.4 is 11.5 Å². The highest BCUT2D eigenvalue weighted by Crippen LogP contribution is 2.21. The molecule has 2 amide bonds. The molecule has 0 aromatic heterocycles. The second-order valence-corrected chi connectivity index (χ2v) is 19.8. The molecule has 370 valence electrons. The van der Waals surface area contributed by atoms with Gasteiger partial charge in [-0.15, -0.1) is 0 Å². The SMILES string of the molecule is CCCCCCCCC=CCCCCCCCCCCCCC(CCCCCCCCCCCCCCCC)C(N)=O.CCCCCCCCCCCCCCCCCC(N)=O. The molecule has 0 aliphatic carbocycles. The summed E-state index contributed by atoms with van der Waals surface area (Å²) in [6.07, 6.45) is 71.6. The Morgan fingerprint density at radius 1 is 0.306 bits per heavy atom. The highest BCUT2D eigenvalue weighted by atomic mass is 16.1. The number of rotatable bonds is 52. The molecule has 0 fully saturated rings. The van der Waals surface area contributed by atoms with E-state index < -0.39 is 0 Å². The van der Waals surface area contributed by atoms with Crippen LogP contribution >= 0.6 is 0 Å². The largest absolute Gasteiger partial charge is 0.370 e. The van der Waals surface area contributed by atoms with Crippen LogP contribution in [0.25, 0.3) is 0 Å². The molecule has 62 heavy (non-hydrogen) atoms. The third-order valence-corrected chi connectivity index (χ3v) is 13.4. The Labute approximate surface area is 391 Å². The molecule has 0 saturated carbocycles. The molecular formula is C58H116N2O2. The first kappa shape index (κ1) is 62.8. The number of carbonyl (C=O) groups excluding carboxylic acids is 2. The highest BCUT2D eigenvalue weighted by Gasteiger charge is 2.14. The lowest BCUT2D eigenvalue weighted by Gasteiger charge is -2.13. The van der Waals surface area contributed by atoms with Crippen molar-refractivity contribution in [2.45, 2.75) is 342 Å². The van der Waals surface area contributed by atoms with Gasteiger partial charge in [0, 0.05) is 12.3 Å². The van der Waals surface area contributed by atoms with Crippen LogP contribution in [-0.4, -0.2) is 11.8 Å². The molecule has 0 aliphatic heterocycles. The monoisotopic (exact) mass is 873 g/mol. The maximum atomic E-state index is 11.9. The number of nitrogens with two attached hydrogens (primary N) is 2. The summed E-state index contributed by atoms with van der Waals surface area (Å²) < 4.78 is 0. The Morgan fingerprint density at radius 2 is 0.516 bits per heavy atom. The number of primary amides is 2. The summed E-state index contributed by atoms with van der Waals surface area (Å²) in [5, 5.41) is 0. The minimum absolute atomic E-state index is 0.0574. The molecule has 1 unspecified atom stereocenters. The summed E-state index contributed by atoms with van der Waals surface area (Å²) in [7, 11) is 0. The van der Waals surface area contributed by atoms with E-state index in [1.54, 1.807) is 0 Å². The lowest BCUT2D eigenvalue weighted by atomic mass is 9.93. The van der Waals surface area contributed by atoms with Crippen LogP contribution in [0.1, 0.15) is 342 Å². The average molecular weight is 874 g/mol. The van der Waals surface area contributed by atoms with Gasteiger partial charge in [-0.2, -0.15) is 0 Å². The number of hydrogen-bond donors (Lipinski definition) is 2.